The Morgan fingerprint density at radius 2 is 1.86 bits per heavy atom. The first kappa shape index (κ1) is 18.6. The summed E-state index contributed by atoms with van der Waals surface area (Å²) in [7, 11) is 9.66. The first-order valence-corrected chi connectivity index (χ1v) is 11.4. The minimum Gasteiger partial charge on any atom is -0.493 e. The summed E-state index contributed by atoms with van der Waals surface area (Å²) in [6.07, 6.45) is -0.148. The number of hydrogen-bond acceptors (Lipinski definition) is 7. The molecule has 10 heteroatoms. The Kier molecular flexibility index (Phi) is 3.56. The number of benzene rings is 1. The number of rotatable bonds is 2. The molecule has 7 nitrogen and oxygen atoms in total. The standard InChI is InChI=1S/C18H20ClN3O4S2/c1-16-14(23)22-13-17(19,8-18(22,28-27-16)15(24)21(16)3)9-6-7-10(25-4)12(26-5)11(9)20(13)2/h6-7,13H,8H2,1-5H3. The Hall–Kier alpha value is -1.45. The summed E-state index contributed by atoms with van der Waals surface area (Å²) in [4.78, 5) is 29.3. The van der Waals surface area contributed by atoms with E-state index in [0.717, 1.165) is 11.3 Å². The molecular formula is C18H20ClN3O4S2. The largest absolute Gasteiger partial charge is 0.493 e. The van der Waals surface area contributed by atoms with E-state index in [1.165, 1.54) is 21.6 Å². The lowest BCUT2D eigenvalue weighted by molar-refractivity contribution is -0.163. The van der Waals surface area contributed by atoms with Gasteiger partial charge in [0.25, 0.3) is 11.8 Å². The molecule has 4 unspecified atom stereocenters. The van der Waals surface area contributed by atoms with E-state index in [1.807, 2.05) is 24.1 Å². The van der Waals surface area contributed by atoms with Crippen molar-refractivity contribution in [2.45, 2.75) is 34.1 Å². The first-order valence-electron chi connectivity index (χ1n) is 8.83. The zero-order valence-corrected chi connectivity index (χ0v) is 18.5. The van der Waals surface area contributed by atoms with E-state index in [0.29, 0.717) is 17.9 Å². The Morgan fingerprint density at radius 3 is 2.50 bits per heavy atom. The second-order valence-electron chi connectivity index (χ2n) is 7.69. The maximum absolute atomic E-state index is 13.6. The summed E-state index contributed by atoms with van der Waals surface area (Å²) < 4.78 is 11.1. The van der Waals surface area contributed by atoms with Crippen LogP contribution < -0.4 is 14.4 Å². The molecule has 4 fully saturated rings. The van der Waals surface area contributed by atoms with Crippen LogP contribution in [0.5, 0.6) is 11.5 Å². The van der Waals surface area contributed by atoms with Gasteiger partial charge in [-0.05, 0) is 13.0 Å². The van der Waals surface area contributed by atoms with Crippen LogP contribution in [0.2, 0.25) is 0 Å². The molecule has 150 valence electrons. The minimum absolute atomic E-state index is 0.0665. The fraction of sp³-hybridized carbons (Fsp3) is 0.556. The molecular weight excluding hydrogens is 422 g/mol. The molecule has 2 amide bonds. The number of carbonyl (C=O) groups is 2. The van der Waals surface area contributed by atoms with Crippen LogP contribution in [0.1, 0.15) is 18.9 Å². The average molecular weight is 442 g/mol. The molecule has 5 aliphatic heterocycles. The molecule has 5 heterocycles. The molecule has 4 atom stereocenters. The average Bonchev–Trinajstić information content (AvgIpc) is 3.08. The third-order valence-electron chi connectivity index (χ3n) is 6.46. The number of alkyl halides is 1. The van der Waals surface area contributed by atoms with Crippen LogP contribution >= 0.6 is 33.2 Å². The van der Waals surface area contributed by atoms with Gasteiger partial charge in [0.1, 0.15) is 11.0 Å². The van der Waals surface area contributed by atoms with Crippen molar-refractivity contribution in [1.29, 1.82) is 0 Å². The SMILES string of the molecule is COc1ccc2c(c1OC)N(C)C1N3C(=O)C4(C)SSC3(CC21Cl)C(=O)N4C. The molecule has 1 spiro atoms. The first-order chi connectivity index (χ1) is 13.2. The second-order valence-corrected chi connectivity index (χ2v) is 11.2. The van der Waals surface area contributed by atoms with Crippen LogP contribution in [0.15, 0.2) is 12.1 Å². The predicted molar refractivity (Wildman–Crippen MR) is 110 cm³/mol. The van der Waals surface area contributed by atoms with Crippen LogP contribution in [0.4, 0.5) is 5.69 Å². The normalized spacial score (nSPS) is 37.9. The van der Waals surface area contributed by atoms with Crippen molar-refractivity contribution in [3.05, 3.63) is 17.7 Å². The monoisotopic (exact) mass is 441 g/mol. The molecule has 0 radical (unpaired) electrons. The number of amides is 2. The van der Waals surface area contributed by atoms with Gasteiger partial charge in [-0.15, -0.1) is 11.6 Å². The number of anilines is 1. The highest BCUT2D eigenvalue weighted by molar-refractivity contribution is 8.78. The second kappa shape index (κ2) is 5.37. The topological polar surface area (TPSA) is 62.3 Å². The lowest BCUT2D eigenvalue weighted by Gasteiger charge is -2.57. The van der Waals surface area contributed by atoms with Gasteiger partial charge in [0, 0.05) is 26.1 Å². The summed E-state index contributed by atoms with van der Waals surface area (Å²) >= 11 is 7.28. The maximum atomic E-state index is 13.6. The van der Waals surface area contributed by atoms with Crippen molar-refractivity contribution in [2.75, 3.05) is 33.2 Å². The molecule has 1 aromatic carbocycles. The van der Waals surface area contributed by atoms with Crippen LogP contribution in [0.3, 0.4) is 0 Å². The summed E-state index contributed by atoms with van der Waals surface area (Å²) in [5.74, 6) is 1.03. The van der Waals surface area contributed by atoms with E-state index in [1.54, 1.807) is 38.0 Å². The molecule has 6 rings (SSSR count). The summed E-state index contributed by atoms with van der Waals surface area (Å²) in [6, 6.07) is 3.74. The molecule has 0 saturated carbocycles. The van der Waals surface area contributed by atoms with E-state index < -0.39 is 20.8 Å². The van der Waals surface area contributed by atoms with Gasteiger partial charge in [0.15, 0.2) is 21.2 Å². The van der Waals surface area contributed by atoms with Crippen molar-refractivity contribution in [3.63, 3.8) is 0 Å². The van der Waals surface area contributed by atoms with Crippen molar-refractivity contribution >= 4 is 50.7 Å². The number of methoxy groups -OCH3 is 2. The third-order valence-corrected chi connectivity index (χ3v) is 10.7. The minimum atomic E-state index is -1.00. The highest BCUT2D eigenvalue weighted by Gasteiger charge is 2.77. The zero-order chi connectivity index (χ0) is 20.2. The van der Waals surface area contributed by atoms with Crippen LogP contribution in [0.25, 0.3) is 0 Å². The van der Waals surface area contributed by atoms with Crippen molar-refractivity contribution in [2.24, 2.45) is 0 Å². The molecule has 0 aliphatic carbocycles. The molecule has 5 aliphatic rings. The maximum Gasteiger partial charge on any atom is 0.262 e. The van der Waals surface area contributed by atoms with Gasteiger partial charge < -0.3 is 19.3 Å². The van der Waals surface area contributed by atoms with E-state index in [4.69, 9.17) is 21.1 Å². The number of nitrogens with zero attached hydrogens (tertiary/aromatic N) is 3. The van der Waals surface area contributed by atoms with Gasteiger partial charge >= 0.3 is 0 Å². The number of ether oxygens (including phenoxy) is 2. The van der Waals surface area contributed by atoms with Crippen LogP contribution in [-0.4, -0.2) is 65.8 Å². The van der Waals surface area contributed by atoms with Gasteiger partial charge in [0.05, 0.1) is 19.9 Å². The number of fused-ring (bicyclic) bond motifs is 5. The number of likely N-dealkylation sites (N-methyl/N-ethyl adjacent to an activating group) is 2. The number of hydrogen-bond donors (Lipinski definition) is 0. The number of carbonyl (C=O) groups excluding carboxylic acids is 2. The Morgan fingerprint density at radius 1 is 1.14 bits per heavy atom. The van der Waals surface area contributed by atoms with E-state index >= 15 is 0 Å². The predicted octanol–water partition coefficient (Wildman–Crippen LogP) is 2.43. The van der Waals surface area contributed by atoms with Crippen molar-refractivity contribution in [3.8, 4) is 11.5 Å². The quantitative estimate of drug-likeness (QED) is 0.516. The van der Waals surface area contributed by atoms with Gasteiger partial charge in [-0.2, -0.15) is 0 Å². The molecule has 0 N–H and O–H groups in total. The summed E-state index contributed by atoms with van der Waals surface area (Å²) in [5.41, 5.74) is 1.65. The summed E-state index contributed by atoms with van der Waals surface area (Å²) in [5, 5.41) is 0. The molecule has 1 aromatic rings. The number of piperazine rings is 1. The van der Waals surface area contributed by atoms with Gasteiger partial charge in [-0.1, -0.05) is 27.7 Å². The lowest BCUT2D eigenvalue weighted by atomic mass is 9.94. The van der Waals surface area contributed by atoms with E-state index in [2.05, 4.69) is 0 Å². The molecule has 0 aromatic heterocycles. The molecule has 28 heavy (non-hydrogen) atoms. The van der Waals surface area contributed by atoms with Gasteiger partial charge in [0.2, 0.25) is 0 Å². The molecule has 2 bridgehead atoms. The van der Waals surface area contributed by atoms with E-state index in [9.17, 15) is 9.59 Å². The smallest absolute Gasteiger partial charge is 0.262 e. The Balaban J connectivity index is 1.74. The van der Waals surface area contributed by atoms with E-state index in [-0.39, 0.29) is 11.8 Å². The van der Waals surface area contributed by atoms with Gasteiger partial charge in [-0.25, -0.2) is 0 Å². The highest BCUT2D eigenvalue weighted by Crippen LogP contribution is 2.71. The fourth-order valence-corrected chi connectivity index (χ4v) is 9.16. The number of halogens is 1. The van der Waals surface area contributed by atoms with Crippen molar-refractivity contribution < 1.29 is 19.1 Å². The zero-order valence-electron chi connectivity index (χ0n) is 16.1. The Bertz CT molecular complexity index is 948. The highest BCUT2D eigenvalue weighted by atomic mass is 35.5. The van der Waals surface area contributed by atoms with Crippen molar-refractivity contribution in [1.82, 2.24) is 9.80 Å². The Labute approximate surface area is 176 Å². The fourth-order valence-electron chi connectivity index (χ4n) is 4.98. The van der Waals surface area contributed by atoms with Crippen LogP contribution in [0, 0.1) is 0 Å². The molecule has 4 saturated heterocycles. The summed E-state index contributed by atoms with van der Waals surface area (Å²) in [6.45, 7) is 1.80. The third kappa shape index (κ3) is 1.74. The van der Waals surface area contributed by atoms with Crippen LogP contribution in [-0.2, 0) is 14.5 Å². The lowest BCUT2D eigenvalue weighted by Crippen LogP contribution is -2.75. The van der Waals surface area contributed by atoms with Gasteiger partial charge in [-0.3, -0.25) is 14.5 Å².